The molecule has 10 heteroatoms. The highest BCUT2D eigenvalue weighted by Crippen LogP contribution is 2.28. The van der Waals surface area contributed by atoms with E-state index in [1.165, 1.54) is 22.0 Å². The Hall–Kier alpha value is -2.59. The third-order valence-corrected chi connectivity index (χ3v) is 7.64. The molecule has 1 aliphatic rings. The van der Waals surface area contributed by atoms with E-state index in [4.69, 9.17) is 0 Å². The standard InChI is InChI=1S/C23H27F3N2O4S/c1-17(18-6-3-2-4-7-18)10-13-27-22(29)19-11-14-28(15-12-19)33(30,31)21-9-5-8-20(16-21)32-23(24,25)26/h2-9,16-17,19H,10-15H2,1H3,(H,27,29). The number of rotatable bonds is 8. The molecule has 6 nitrogen and oxygen atoms in total. The minimum Gasteiger partial charge on any atom is -0.406 e. The number of sulfonamides is 1. The fourth-order valence-electron chi connectivity index (χ4n) is 3.84. The number of hydrogen-bond donors (Lipinski definition) is 1. The molecule has 0 bridgehead atoms. The summed E-state index contributed by atoms with van der Waals surface area (Å²) in [7, 11) is -3.99. The second kappa shape index (κ2) is 10.6. The molecule has 0 radical (unpaired) electrons. The highest BCUT2D eigenvalue weighted by atomic mass is 32.2. The molecule has 1 unspecified atom stereocenters. The molecule has 1 N–H and O–H groups in total. The molecule has 0 aliphatic carbocycles. The Morgan fingerprint density at radius 2 is 1.79 bits per heavy atom. The van der Waals surface area contributed by atoms with Crippen molar-refractivity contribution in [2.75, 3.05) is 19.6 Å². The number of halogens is 3. The Morgan fingerprint density at radius 1 is 1.12 bits per heavy atom. The molecular formula is C23H27F3N2O4S. The first-order chi connectivity index (χ1) is 15.6. The van der Waals surface area contributed by atoms with Gasteiger partial charge in [0.2, 0.25) is 15.9 Å². The topological polar surface area (TPSA) is 75.7 Å². The number of nitrogens with one attached hydrogen (secondary N) is 1. The van der Waals surface area contributed by atoms with Crippen molar-refractivity contribution < 1.29 is 31.1 Å². The number of piperidine rings is 1. The Balaban J connectivity index is 1.50. The summed E-state index contributed by atoms with van der Waals surface area (Å²) in [6.07, 6.45) is -3.43. The fraction of sp³-hybridized carbons (Fsp3) is 0.435. The minimum atomic E-state index is -4.91. The molecule has 1 heterocycles. The van der Waals surface area contributed by atoms with E-state index in [-0.39, 0.29) is 29.8 Å². The zero-order chi connectivity index (χ0) is 24.1. The van der Waals surface area contributed by atoms with Crippen LogP contribution in [-0.2, 0) is 14.8 Å². The number of nitrogens with zero attached hydrogens (tertiary/aromatic N) is 1. The van der Waals surface area contributed by atoms with E-state index < -0.39 is 22.1 Å². The van der Waals surface area contributed by atoms with Gasteiger partial charge in [-0.2, -0.15) is 4.31 Å². The molecule has 0 aromatic heterocycles. The van der Waals surface area contributed by atoms with Crippen molar-refractivity contribution >= 4 is 15.9 Å². The summed E-state index contributed by atoms with van der Waals surface area (Å²) < 4.78 is 68.0. The molecule has 1 fully saturated rings. The molecule has 1 atom stereocenters. The first kappa shape index (κ1) is 25.0. The van der Waals surface area contributed by atoms with E-state index in [1.54, 1.807) is 0 Å². The summed E-state index contributed by atoms with van der Waals surface area (Å²) in [5.74, 6) is -0.700. The van der Waals surface area contributed by atoms with Crippen molar-refractivity contribution in [3.05, 3.63) is 60.2 Å². The third-order valence-electron chi connectivity index (χ3n) is 5.75. The molecule has 1 amide bonds. The first-order valence-electron chi connectivity index (χ1n) is 10.7. The number of benzene rings is 2. The van der Waals surface area contributed by atoms with E-state index >= 15 is 0 Å². The van der Waals surface area contributed by atoms with E-state index in [2.05, 4.69) is 17.0 Å². The fourth-order valence-corrected chi connectivity index (χ4v) is 5.35. The second-order valence-corrected chi connectivity index (χ2v) is 10.0. The monoisotopic (exact) mass is 484 g/mol. The lowest BCUT2D eigenvalue weighted by atomic mass is 9.96. The van der Waals surface area contributed by atoms with Gasteiger partial charge < -0.3 is 10.1 Å². The summed E-state index contributed by atoms with van der Waals surface area (Å²) in [6, 6.07) is 14.3. The molecule has 3 rings (SSSR count). The van der Waals surface area contributed by atoms with Gasteiger partial charge in [0.15, 0.2) is 0 Å². The van der Waals surface area contributed by atoms with Crippen LogP contribution in [0.3, 0.4) is 0 Å². The molecule has 1 aliphatic heterocycles. The van der Waals surface area contributed by atoms with Crippen LogP contribution in [0.25, 0.3) is 0 Å². The average molecular weight is 485 g/mol. The third kappa shape index (κ3) is 6.94. The summed E-state index contributed by atoms with van der Waals surface area (Å²) in [5, 5.41) is 2.94. The van der Waals surface area contributed by atoms with Gasteiger partial charge in [-0.3, -0.25) is 4.79 Å². The van der Waals surface area contributed by atoms with Gasteiger partial charge in [-0.15, -0.1) is 13.2 Å². The van der Waals surface area contributed by atoms with Crippen LogP contribution in [0.5, 0.6) is 5.75 Å². The van der Waals surface area contributed by atoms with Crippen LogP contribution in [-0.4, -0.2) is 44.6 Å². The zero-order valence-corrected chi connectivity index (χ0v) is 19.0. The van der Waals surface area contributed by atoms with Crippen molar-refractivity contribution in [2.24, 2.45) is 5.92 Å². The molecular weight excluding hydrogens is 457 g/mol. The highest BCUT2D eigenvalue weighted by Gasteiger charge is 2.34. The molecule has 2 aromatic rings. The van der Waals surface area contributed by atoms with Crippen LogP contribution >= 0.6 is 0 Å². The van der Waals surface area contributed by atoms with Crippen molar-refractivity contribution in [3.63, 3.8) is 0 Å². The summed E-state index contributed by atoms with van der Waals surface area (Å²) >= 11 is 0. The Morgan fingerprint density at radius 3 is 2.42 bits per heavy atom. The number of hydrogen-bond acceptors (Lipinski definition) is 4. The zero-order valence-electron chi connectivity index (χ0n) is 18.2. The minimum absolute atomic E-state index is 0.104. The highest BCUT2D eigenvalue weighted by molar-refractivity contribution is 7.89. The maximum Gasteiger partial charge on any atom is 0.573 e. The maximum atomic E-state index is 12.9. The molecule has 33 heavy (non-hydrogen) atoms. The Kier molecular flexibility index (Phi) is 8.01. The van der Waals surface area contributed by atoms with Crippen LogP contribution in [0.2, 0.25) is 0 Å². The van der Waals surface area contributed by atoms with Gasteiger partial charge in [0.25, 0.3) is 0 Å². The maximum absolute atomic E-state index is 12.9. The number of amides is 1. The van der Waals surface area contributed by atoms with Crippen LogP contribution in [0.15, 0.2) is 59.5 Å². The van der Waals surface area contributed by atoms with Crippen molar-refractivity contribution in [3.8, 4) is 5.75 Å². The summed E-state index contributed by atoms with van der Waals surface area (Å²) in [4.78, 5) is 12.2. The van der Waals surface area contributed by atoms with Gasteiger partial charge in [-0.25, -0.2) is 8.42 Å². The predicted octanol–water partition coefficient (Wildman–Crippen LogP) is 4.30. The average Bonchev–Trinajstić information content (AvgIpc) is 2.78. The number of carbonyl (C=O) groups excluding carboxylic acids is 1. The van der Waals surface area contributed by atoms with Gasteiger partial charge in [0.05, 0.1) is 4.90 Å². The Labute approximate surface area is 191 Å². The number of carbonyl (C=O) groups is 1. The molecule has 1 saturated heterocycles. The lowest BCUT2D eigenvalue weighted by Gasteiger charge is -2.30. The van der Waals surface area contributed by atoms with Crippen molar-refractivity contribution in [1.29, 1.82) is 0 Å². The van der Waals surface area contributed by atoms with E-state index in [1.807, 2.05) is 30.3 Å². The van der Waals surface area contributed by atoms with Crippen LogP contribution < -0.4 is 10.1 Å². The van der Waals surface area contributed by atoms with E-state index in [9.17, 15) is 26.4 Å². The van der Waals surface area contributed by atoms with E-state index in [0.717, 1.165) is 18.6 Å². The van der Waals surface area contributed by atoms with Crippen molar-refractivity contribution in [2.45, 2.75) is 43.4 Å². The lowest BCUT2D eigenvalue weighted by molar-refractivity contribution is -0.274. The Bertz CT molecular complexity index is 1040. The first-order valence-corrected chi connectivity index (χ1v) is 12.2. The van der Waals surface area contributed by atoms with Gasteiger partial charge in [-0.1, -0.05) is 43.3 Å². The van der Waals surface area contributed by atoms with Gasteiger partial charge in [-0.05, 0) is 42.9 Å². The largest absolute Gasteiger partial charge is 0.573 e. The van der Waals surface area contributed by atoms with Crippen molar-refractivity contribution in [1.82, 2.24) is 9.62 Å². The number of alkyl halides is 3. The quantitative estimate of drug-likeness (QED) is 0.606. The van der Waals surface area contributed by atoms with Crippen LogP contribution in [0.4, 0.5) is 13.2 Å². The molecule has 0 saturated carbocycles. The molecule has 180 valence electrons. The molecule has 2 aromatic carbocycles. The SMILES string of the molecule is CC(CCNC(=O)C1CCN(S(=O)(=O)c2cccc(OC(F)(F)F)c2)CC1)c1ccccc1. The smallest absolute Gasteiger partial charge is 0.406 e. The van der Waals surface area contributed by atoms with Crippen LogP contribution in [0.1, 0.15) is 37.7 Å². The van der Waals surface area contributed by atoms with Gasteiger partial charge in [0.1, 0.15) is 5.75 Å². The second-order valence-electron chi connectivity index (χ2n) is 8.09. The molecule has 0 spiro atoms. The van der Waals surface area contributed by atoms with Crippen LogP contribution in [0, 0.1) is 5.92 Å². The summed E-state index contributed by atoms with van der Waals surface area (Å²) in [5.41, 5.74) is 1.20. The number of ether oxygens (including phenoxy) is 1. The lowest BCUT2D eigenvalue weighted by Crippen LogP contribution is -2.43. The predicted molar refractivity (Wildman–Crippen MR) is 117 cm³/mol. The summed E-state index contributed by atoms with van der Waals surface area (Å²) in [6.45, 7) is 2.86. The van der Waals surface area contributed by atoms with E-state index in [0.29, 0.717) is 25.3 Å². The van der Waals surface area contributed by atoms with Gasteiger partial charge in [0, 0.05) is 31.6 Å². The normalized spacial score (nSPS) is 16.8. The van der Waals surface area contributed by atoms with Gasteiger partial charge >= 0.3 is 6.36 Å².